The monoisotopic (exact) mass is 249 g/mol. The summed E-state index contributed by atoms with van der Waals surface area (Å²) in [5.74, 6) is 1.65. The van der Waals surface area contributed by atoms with Gasteiger partial charge in [-0.3, -0.25) is 4.68 Å². The molecule has 0 radical (unpaired) electrons. The van der Waals surface area contributed by atoms with Gasteiger partial charge in [-0.25, -0.2) is 0 Å². The van der Waals surface area contributed by atoms with Gasteiger partial charge < -0.3 is 5.32 Å². The average molecular weight is 249 g/mol. The predicted octanol–water partition coefficient (Wildman–Crippen LogP) is 3.38. The van der Waals surface area contributed by atoms with E-state index in [0.29, 0.717) is 6.04 Å². The molecule has 0 bridgehead atoms. The maximum Gasteiger partial charge on any atom is 0.0556 e. The molecule has 1 fully saturated rings. The van der Waals surface area contributed by atoms with E-state index in [1.807, 2.05) is 6.20 Å². The van der Waals surface area contributed by atoms with Gasteiger partial charge in [-0.05, 0) is 50.1 Å². The Bertz CT molecular complexity index is 354. The van der Waals surface area contributed by atoms with Crippen molar-refractivity contribution < 1.29 is 0 Å². The van der Waals surface area contributed by atoms with Crippen LogP contribution in [0, 0.1) is 11.8 Å². The Morgan fingerprint density at radius 1 is 1.39 bits per heavy atom. The first-order valence-corrected chi connectivity index (χ1v) is 7.53. The van der Waals surface area contributed by atoms with Crippen molar-refractivity contribution in [1.29, 1.82) is 0 Å². The summed E-state index contributed by atoms with van der Waals surface area (Å²) in [6, 6.07) is 2.67. The third-order valence-electron chi connectivity index (χ3n) is 4.01. The van der Waals surface area contributed by atoms with Crippen molar-refractivity contribution in [2.24, 2.45) is 11.8 Å². The molecule has 0 spiro atoms. The molecule has 1 heterocycles. The van der Waals surface area contributed by atoms with Crippen molar-refractivity contribution in [2.45, 2.75) is 59.0 Å². The number of nitrogens with one attached hydrogen (secondary N) is 1. The minimum Gasteiger partial charge on any atom is -0.308 e. The van der Waals surface area contributed by atoms with Crippen molar-refractivity contribution in [3.63, 3.8) is 0 Å². The molecule has 18 heavy (non-hydrogen) atoms. The molecule has 1 aliphatic rings. The first-order chi connectivity index (χ1) is 8.77. The summed E-state index contributed by atoms with van der Waals surface area (Å²) in [5.41, 5.74) is 1.38. The Morgan fingerprint density at radius 2 is 2.17 bits per heavy atom. The lowest BCUT2D eigenvalue weighted by molar-refractivity contribution is 0.329. The van der Waals surface area contributed by atoms with Crippen molar-refractivity contribution in [1.82, 2.24) is 15.1 Å². The molecule has 2 unspecified atom stereocenters. The Hall–Kier alpha value is -0.830. The van der Waals surface area contributed by atoms with Gasteiger partial charge in [0.25, 0.3) is 0 Å². The molecule has 3 heteroatoms. The lowest BCUT2D eigenvalue weighted by Crippen LogP contribution is -2.31. The quantitative estimate of drug-likeness (QED) is 0.765. The van der Waals surface area contributed by atoms with Gasteiger partial charge >= 0.3 is 0 Å². The van der Waals surface area contributed by atoms with E-state index in [1.165, 1.54) is 25.0 Å². The Balaban J connectivity index is 2.12. The molecule has 0 saturated heterocycles. The number of hydrogen-bond acceptors (Lipinski definition) is 2. The maximum atomic E-state index is 4.47. The molecule has 1 aromatic rings. The van der Waals surface area contributed by atoms with Gasteiger partial charge in [-0.15, -0.1) is 0 Å². The molecule has 0 aliphatic heterocycles. The molecule has 2 atom stereocenters. The van der Waals surface area contributed by atoms with E-state index in [1.54, 1.807) is 0 Å². The van der Waals surface area contributed by atoms with Gasteiger partial charge in [0.15, 0.2) is 0 Å². The van der Waals surface area contributed by atoms with Crippen molar-refractivity contribution in [3.05, 3.63) is 18.0 Å². The smallest absolute Gasteiger partial charge is 0.0556 e. The van der Waals surface area contributed by atoms with Gasteiger partial charge in [0.05, 0.1) is 11.7 Å². The number of aromatic nitrogens is 2. The summed E-state index contributed by atoms with van der Waals surface area (Å²) in [5, 5.41) is 8.20. The van der Waals surface area contributed by atoms with Crippen LogP contribution in [-0.2, 0) is 6.54 Å². The summed E-state index contributed by atoms with van der Waals surface area (Å²) < 4.78 is 2.19. The van der Waals surface area contributed by atoms with Crippen LogP contribution in [0.1, 0.15) is 58.2 Å². The Kier molecular flexibility index (Phi) is 4.81. The summed E-state index contributed by atoms with van der Waals surface area (Å²) >= 11 is 0. The van der Waals surface area contributed by atoms with Crippen molar-refractivity contribution in [2.75, 3.05) is 6.54 Å². The molecule has 0 amide bonds. The fraction of sp³-hybridized carbons (Fsp3) is 0.800. The second-order valence-corrected chi connectivity index (χ2v) is 5.61. The largest absolute Gasteiger partial charge is 0.308 e. The van der Waals surface area contributed by atoms with E-state index in [9.17, 15) is 0 Å². The summed E-state index contributed by atoms with van der Waals surface area (Å²) in [7, 11) is 0. The van der Waals surface area contributed by atoms with Gasteiger partial charge in [-0.1, -0.05) is 20.8 Å². The minimum absolute atomic E-state index is 0.478. The molecule has 1 aromatic heterocycles. The van der Waals surface area contributed by atoms with E-state index in [0.717, 1.165) is 31.3 Å². The Morgan fingerprint density at radius 3 is 2.78 bits per heavy atom. The van der Waals surface area contributed by atoms with Gasteiger partial charge in [0.1, 0.15) is 0 Å². The highest BCUT2D eigenvalue weighted by molar-refractivity contribution is 5.10. The number of nitrogens with zero attached hydrogens (tertiary/aromatic N) is 2. The van der Waals surface area contributed by atoms with Crippen molar-refractivity contribution >= 4 is 0 Å². The highest BCUT2D eigenvalue weighted by atomic mass is 15.3. The molecular formula is C15H27N3. The summed E-state index contributed by atoms with van der Waals surface area (Å²) in [4.78, 5) is 0. The summed E-state index contributed by atoms with van der Waals surface area (Å²) in [6.45, 7) is 8.97. The lowest BCUT2D eigenvalue weighted by atomic mass is 9.93. The average Bonchev–Trinajstić information content (AvgIpc) is 3.13. The van der Waals surface area contributed by atoms with Crippen LogP contribution < -0.4 is 5.32 Å². The summed E-state index contributed by atoms with van der Waals surface area (Å²) in [6.07, 6.45) is 7.11. The first kappa shape index (κ1) is 13.6. The predicted molar refractivity (Wildman–Crippen MR) is 75.4 cm³/mol. The van der Waals surface area contributed by atoms with E-state index < -0.39 is 0 Å². The first-order valence-electron chi connectivity index (χ1n) is 7.53. The van der Waals surface area contributed by atoms with Crippen LogP contribution in [0.3, 0.4) is 0 Å². The fourth-order valence-corrected chi connectivity index (χ4v) is 2.76. The van der Waals surface area contributed by atoms with Crippen LogP contribution in [0.25, 0.3) is 0 Å². The third-order valence-corrected chi connectivity index (χ3v) is 4.01. The second-order valence-electron chi connectivity index (χ2n) is 5.61. The van der Waals surface area contributed by atoms with Crippen LogP contribution in [0.15, 0.2) is 12.3 Å². The zero-order chi connectivity index (χ0) is 13.0. The molecule has 1 N–H and O–H groups in total. The lowest BCUT2D eigenvalue weighted by Gasteiger charge is -2.26. The normalized spacial score (nSPS) is 18.8. The standard InChI is InChI=1S/C15H27N3/c1-4-9-16-15(12(3)13-6-7-13)14-8-10-17-18(14)11-5-2/h8,10,12-13,15-16H,4-7,9,11H2,1-3H3. The fourth-order valence-electron chi connectivity index (χ4n) is 2.76. The van der Waals surface area contributed by atoms with Gasteiger partial charge in [0, 0.05) is 12.7 Å². The highest BCUT2D eigenvalue weighted by Crippen LogP contribution is 2.42. The van der Waals surface area contributed by atoms with Gasteiger partial charge in [0.2, 0.25) is 0 Å². The van der Waals surface area contributed by atoms with Crippen LogP contribution in [0.5, 0.6) is 0 Å². The number of hydrogen-bond donors (Lipinski definition) is 1. The van der Waals surface area contributed by atoms with E-state index in [-0.39, 0.29) is 0 Å². The molecule has 1 saturated carbocycles. The molecule has 0 aromatic carbocycles. The van der Waals surface area contributed by atoms with E-state index in [2.05, 4.69) is 41.9 Å². The van der Waals surface area contributed by atoms with Gasteiger partial charge in [-0.2, -0.15) is 5.10 Å². The zero-order valence-electron chi connectivity index (χ0n) is 12.0. The topological polar surface area (TPSA) is 29.9 Å². The minimum atomic E-state index is 0.478. The number of rotatable bonds is 8. The van der Waals surface area contributed by atoms with Crippen LogP contribution >= 0.6 is 0 Å². The van der Waals surface area contributed by atoms with Crippen molar-refractivity contribution in [3.8, 4) is 0 Å². The van der Waals surface area contributed by atoms with Crippen LogP contribution in [-0.4, -0.2) is 16.3 Å². The molecule has 3 nitrogen and oxygen atoms in total. The molecule has 1 aliphatic carbocycles. The van der Waals surface area contributed by atoms with Crippen LogP contribution in [0.2, 0.25) is 0 Å². The second kappa shape index (κ2) is 6.37. The SMILES string of the molecule is CCCNC(c1ccnn1CCC)C(C)C1CC1. The molecule has 2 rings (SSSR count). The number of aryl methyl sites for hydroxylation is 1. The zero-order valence-corrected chi connectivity index (χ0v) is 12.0. The highest BCUT2D eigenvalue weighted by Gasteiger charge is 2.34. The van der Waals surface area contributed by atoms with Crippen LogP contribution in [0.4, 0.5) is 0 Å². The Labute approximate surface area is 111 Å². The molecular weight excluding hydrogens is 222 g/mol. The molecule has 102 valence electrons. The van der Waals surface area contributed by atoms with E-state index in [4.69, 9.17) is 0 Å². The third kappa shape index (κ3) is 3.14. The van der Waals surface area contributed by atoms with E-state index >= 15 is 0 Å². The maximum absolute atomic E-state index is 4.47.